The number of nitrogens with one attached hydrogen (secondary N) is 10. The van der Waals surface area contributed by atoms with Crippen LogP contribution in [-0.4, -0.2) is 204 Å². The van der Waals surface area contributed by atoms with E-state index in [0.29, 0.717) is 24.2 Å². The molecule has 6 aromatic rings. The molecule has 0 radical (unpaired) electrons. The van der Waals surface area contributed by atoms with Crippen molar-refractivity contribution in [3.8, 4) is 62.9 Å². The van der Waals surface area contributed by atoms with Gasteiger partial charge in [-0.3, -0.25) is 43.7 Å². The molecule has 4 aliphatic carbocycles. The lowest BCUT2D eigenvalue weighted by Gasteiger charge is -2.54. The molecule has 6 fully saturated rings. The number of aliphatic hydroxyl groups is 6. The fourth-order valence-electron chi connectivity index (χ4n) is 18.2. The summed E-state index contributed by atoms with van der Waals surface area (Å²) in [5.74, 6) is -13.3. The Labute approximate surface area is 727 Å². The van der Waals surface area contributed by atoms with E-state index in [2.05, 4.69) is 53.2 Å². The molecule has 7 heterocycles. The number of rotatable bonds is 19. The zero-order valence-corrected chi connectivity index (χ0v) is 70.5. The van der Waals surface area contributed by atoms with Gasteiger partial charge in [0.2, 0.25) is 59.3 Å². The normalized spacial score (nSPS) is 30.3. The van der Waals surface area contributed by atoms with Gasteiger partial charge in [0.05, 0.1) is 47.9 Å². The third kappa shape index (κ3) is 19.8. The Balaban J connectivity index is 0.955. The average molecular weight is 1770 g/mol. The van der Waals surface area contributed by atoms with Crippen LogP contribution in [0.5, 0.6) is 51.7 Å². The molecule has 21 N–H and O–H groups in total. The minimum absolute atomic E-state index is 0.0536. The number of hydrogen-bond acceptors (Lipinski definition) is 27. The van der Waals surface area contributed by atoms with E-state index in [-0.39, 0.29) is 86.2 Å². The fraction of sp³-hybridized carbons (Fsp3) is 0.483. The predicted molar refractivity (Wildman–Crippen MR) is 445 cm³/mol. The third-order valence-electron chi connectivity index (χ3n) is 24.4. The van der Waals surface area contributed by atoms with E-state index in [1.165, 1.54) is 57.3 Å². The Bertz CT molecular complexity index is 5080. The van der Waals surface area contributed by atoms with E-state index in [1.807, 2.05) is 20.8 Å². The number of ether oxygens (including phenoxy) is 7. The number of carbonyl (C=O) groups is 9. The molecule has 17 rings (SSSR count). The standard InChI is InChI=1S/C87H103Cl2N11O25/c1-7-8-19-119-48-14-12-46(13-15-48)92-86(118)94-62(105)33-54-79(112)96-67-45-29-59(121-57-17-10-41(27-51(57)88)71(106)69(83(116)93-54)99-78(111)53(91-6)20-36(2)3)75(125-85-76(74(109)73(108)61(35-101)123-85)124-63-34-87(5,90)77(110)37(4)120-63)60(30-45)122-58-18-11-42(28-52(58)89)72(107)70-84(117)98-68(82(115)95-65-43-22-38-21-39(24-43)25-44(65)23-38)50-31-47(102)32-56(104)64(50)49-26-40(9-16-55(49)103)66(80(113)100-70)97-81(67)114/h9-18,26-32,36-39,43-44,53-54,61,63,65-74,76-77,85,91,101-104,106-110H,7-8,19-25,33-35,90H2,1-6H3,(H,93,116)(H,95,115)(H,96,112)(H,97,114)(H,98,117)(H,99,111)(H,100,113)(H2,92,94,105,118)/t37-,38?,39?,43?,44?,53+,54?,61+,63?,65?,66+,67?,68+,69?,70-,71+,72+,73+,74-,76+,77+,85+,87-/m0/s1. The molecule has 36 nitrogen and oxygen atoms in total. The first-order valence-corrected chi connectivity index (χ1v) is 42.4. The van der Waals surface area contributed by atoms with Crippen molar-refractivity contribution in [3.63, 3.8) is 0 Å². The second-order valence-electron chi connectivity index (χ2n) is 34.1. The maximum atomic E-state index is 16.7. The number of benzene rings is 6. The van der Waals surface area contributed by atoms with Gasteiger partial charge in [0.25, 0.3) is 0 Å². The molecule has 7 aliphatic heterocycles. The van der Waals surface area contributed by atoms with Crippen LogP contribution in [0.4, 0.5) is 10.5 Å². The van der Waals surface area contributed by atoms with Gasteiger partial charge in [0.15, 0.2) is 23.9 Å². The number of hydrogen-bond donors (Lipinski definition) is 20. The molecule has 4 unspecified atom stereocenters. The highest BCUT2D eigenvalue weighted by Gasteiger charge is 2.53. The van der Waals surface area contributed by atoms with Crippen molar-refractivity contribution >= 4 is 82.2 Å². The number of fused-ring (bicyclic) bond motifs is 15. The molecule has 0 aromatic heterocycles. The third-order valence-corrected chi connectivity index (χ3v) is 25.0. The van der Waals surface area contributed by atoms with Gasteiger partial charge < -0.3 is 133 Å². The molecule has 11 aliphatic rings. The number of phenols is 3. The fourth-order valence-corrected chi connectivity index (χ4v) is 18.7. The van der Waals surface area contributed by atoms with Crippen LogP contribution in [-0.2, 0) is 52.6 Å². The first-order chi connectivity index (χ1) is 59.5. The molecule has 6 aromatic carbocycles. The van der Waals surface area contributed by atoms with Gasteiger partial charge in [-0.1, -0.05) is 68.6 Å². The number of aliphatic hydroxyl groups excluding tert-OH is 6. The summed E-state index contributed by atoms with van der Waals surface area (Å²) in [5.41, 5.74) is 3.05. The number of amides is 10. The van der Waals surface area contributed by atoms with Crippen molar-refractivity contribution in [2.75, 3.05) is 25.6 Å². The summed E-state index contributed by atoms with van der Waals surface area (Å²) in [4.78, 5) is 139. The van der Waals surface area contributed by atoms with Crippen molar-refractivity contribution < 1.29 is 122 Å². The van der Waals surface area contributed by atoms with Crippen molar-refractivity contribution in [3.05, 3.63) is 141 Å². The van der Waals surface area contributed by atoms with E-state index in [1.54, 1.807) is 12.1 Å². The minimum Gasteiger partial charge on any atom is -0.508 e. The van der Waals surface area contributed by atoms with E-state index >= 15 is 28.8 Å². The Morgan fingerprint density at radius 3 is 1.91 bits per heavy atom. The molecular weight excluding hydrogens is 1670 g/mol. The molecule has 125 heavy (non-hydrogen) atoms. The molecule has 10 amide bonds. The van der Waals surface area contributed by atoms with Gasteiger partial charge in [-0.2, -0.15) is 0 Å². The van der Waals surface area contributed by atoms with Crippen LogP contribution in [0.2, 0.25) is 10.0 Å². The quantitative estimate of drug-likeness (QED) is 0.0474. The van der Waals surface area contributed by atoms with E-state index in [0.717, 1.165) is 99.5 Å². The summed E-state index contributed by atoms with van der Waals surface area (Å²) in [6.45, 7) is 8.06. The number of phenolic OH excluding ortho intramolecular Hbond substituents is 3. The van der Waals surface area contributed by atoms with Crippen LogP contribution in [0.3, 0.4) is 0 Å². The summed E-state index contributed by atoms with van der Waals surface area (Å²) >= 11 is 14.5. The number of unbranched alkanes of at least 4 members (excludes halogenated alkanes) is 1. The predicted octanol–water partition coefficient (Wildman–Crippen LogP) is 5.00. The minimum atomic E-state index is -2.42. The largest absolute Gasteiger partial charge is 0.508 e. The highest BCUT2D eigenvalue weighted by molar-refractivity contribution is 6.32. The van der Waals surface area contributed by atoms with E-state index in [9.17, 15) is 60.3 Å². The smallest absolute Gasteiger partial charge is 0.325 e. The summed E-state index contributed by atoms with van der Waals surface area (Å²) < 4.78 is 44.8. The number of aromatic hydroxyl groups is 3. The number of nitrogens with two attached hydrogens (primary N) is 1. The SMILES string of the molecule is CCCCOc1ccc(NC(=O)NC(=O)CC2NC(=O)C(NC(=O)[C@@H](CC(C)C)NC)[C@H](O)c3ccc(c(Cl)c3)Oc3cc4cc(c3O[C@H]3O[C@H](CO)[C@@H](O)[C@H](O)[C@H]3OC3C[C@](C)(N)[C@H](O)[C@H](C)O3)Oc3ccc(cc3Cl)[C@@H](O)[C@@H]3NC(=O)[C@H](NC(=O)C4NC2=O)c2ccc(O)c(c2)-c2c(O)cc(O)cc2[C@H](C(=O)NC2C4CC5CC(C4)CC2C5)NC3=O)cc1. The molecule has 38 heteroatoms. The van der Waals surface area contributed by atoms with Crippen molar-refractivity contribution in [2.24, 2.45) is 35.3 Å². The average Bonchev–Trinajstić information content (AvgIpc) is 0.757. The van der Waals surface area contributed by atoms with Crippen LogP contribution in [0, 0.1) is 29.6 Å². The Kier molecular flexibility index (Phi) is 27.4. The second kappa shape index (κ2) is 37.8. The van der Waals surface area contributed by atoms with E-state index in [4.69, 9.17) is 62.1 Å². The van der Waals surface area contributed by atoms with Crippen LogP contribution < -0.4 is 77.8 Å². The number of likely N-dealkylation sites (N-methyl/N-ethyl adjacent to an activating group) is 1. The zero-order valence-electron chi connectivity index (χ0n) is 69.0. The molecule has 4 saturated carbocycles. The van der Waals surface area contributed by atoms with Crippen LogP contribution in [0.15, 0.2) is 103 Å². The van der Waals surface area contributed by atoms with Gasteiger partial charge >= 0.3 is 6.03 Å². The van der Waals surface area contributed by atoms with Crippen LogP contribution >= 0.6 is 23.2 Å². The Hall–Kier alpha value is -10.7. The number of imide groups is 1. The maximum Gasteiger partial charge on any atom is 0.325 e. The maximum absolute atomic E-state index is 16.7. The molecule has 670 valence electrons. The number of carbonyl (C=O) groups excluding carboxylic acids is 9. The molecule has 0 spiro atoms. The lowest BCUT2D eigenvalue weighted by Crippen LogP contribution is -2.64. The highest BCUT2D eigenvalue weighted by atomic mass is 35.5. The van der Waals surface area contributed by atoms with Gasteiger partial charge in [0.1, 0.15) is 101 Å². The van der Waals surface area contributed by atoms with Gasteiger partial charge in [-0.05, 0) is 202 Å². The number of anilines is 1. The molecule has 18 atom stereocenters. The highest BCUT2D eigenvalue weighted by Crippen LogP contribution is 2.55. The van der Waals surface area contributed by atoms with Crippen molar-refractivity contribution in [1.29, 1.82) is 0 Å². The van der Waals surface area contributed by atoms with Crippen molar-refractivity contribution in [1.82, 2.24) is 47.9 Å². The summed E-state index contributed by atoms with van der Waals surface area (Å²) in [6.07, 6.45) is -13.0. The second-order valence-corrected chi connectivity index (χ2v) is 34.9. The lowest BCUT2D eigenvalue weighted by atomic mass is 9.54. The number of urea groups is 1. The van der Waals surface area contributed by atoms with Crippen LogP contribution in [0.1, 0.15) is 157 Å². The van der Waals surface area contributed by atoms with Gasteiger partial charge in [0, 0.05) is 40.9 Å². The molecular formula is C87H103Cl2N11O25. The Morgan fingerprint density at radius 1 is 0.672 bits per heavy atom. The molecule has 2 saturated heterocycles. The van der Waals surface area contributed by atoms with Gasteiger partial charge in [-0.15, -0.1) is 0 Å². The summed E-state index contributed by atoms with van der Waals surface area (Å²) in [6, 6.07) is 4.71. The van der Waals surface area contributed by atoms with Crippen LogP contribution in [0.25, 0.3) is 11.1 Å². The molecule has 15 bridgehead atoms. The van der Waals surface area contributed by atoms with Gasteiger partial charge in [-0.25, -0.2) is 4.79 Å². The topological polar surface area (TPSA) is 547 Å². The monoisotopic (exact) mass is 1770 g/mol. The zero-order chi connectivity index (χ0) is 89.5. The number of halogens is 2. The first kappa shape index (κ1) is 90.5. The van der Waals surface area contributed by atoms with Crippen molar-refractivity contribution in [2.45, 2.75) is 214 Å². The summed E-state index contributed by atoms with van der Waals surface area (Å²) in [7, 11) is 1.47. The summed E-state index contributed by atoms with van der Waals surface area (Å²) in [5, 5.41) is 132. The Morgan fingerprint density at radius 2 is 1.30 bits per heavy atom. The lowest BCUT2D eigenvalue weighted by molar-refractivity contribution is -0.333. The van der Waals surface area contributed by atoms with E-state index < -0.39 is 227 Å². The first-order valence-electron chi connectivity index (χ1n) is 41.6.